The van der Waals surface area contributed by atoms with Gasteiger partial charge in [-0.3, -0.25) is 4.79 Å². The first-order chi connectivity index (χ1) is 12.4. The minimum atomic E-state index is -3.60. The van der Waals surface area contributed by atoms with Gasteiger partial charge in [-0.05, 0) is 38.4 Å². The summed E-state index contributed by atoms with van der Waals surface area (Å²) in [5.41, 5.74) is 0.634. The molecule has 2 aliphatic rings. The van der Waals surface area contributed by atoms with E-state index in [1.165, 1.54) is 0 Å². The summed E-state index contributed by atoms with van der Waals surface area (Å²) in [6.07, 6.45) is 3.24. The summed E-state index contributed by atoms with van der Waals surface area (Å²) in [6.45, 7) is 2.25. The van der Waals surface area contributed by atoms with E-state index in [9.17, 15) is 13.2 Å². The average molecular weight is 378 g/mol. The van der Waals surface area contributed by atoms with Crippen molar-refractivity contribution in [2.75, 3.05) is 33.7 Å². The molecule has 1 unspecified atom stereocenters. The van der Waals surface area contributed by atoms with E-state index in [2.05, 4.69) is 9.71 Å². The van der Waals surface area contributed by atoms with E-state index in [-0.39, 0.29) is 10.8 Å². The summed E-state index contributed by atoms with van der Waals surface area (Å²) < 4.78 is 28.2. The van der Waals surface area contributed by atoms with Crippen LogP contribution in [0, 0.1) is 0 Å². The second-order valence-corrected chi connectivity index (χ2v) is 8.42. The highest BCUT2D eigenvalue weighted by Gasteiger charge is 2.31. The Bertz CT molecular complexity index is 806. The van der Waals surface area contributed by atoms with Crippen LogP contribution in [0.4, 0.5) is 0 Å². The van der Waals surface area contributed by atoms with Crippen LogP contribution >= 0.6 is 0 Å². The zero-order valence-corrected chi connectivity index (χ0v) is 16.1. The smallest absolute Gasteiger partial charge is 0.285 e. The predicted molar refractivity (Wildman–Crippen MR) is 101 cm³/mol. The lowest BCUT2D eigenvalue weighted by Crippen LogP contribution is -2.41. The Balaban J connectivity index is 1.57. The molecule has 2 aliphatic heterocycles. The van der Waals surface area contributed by atoms with Crippen molar-refractivity contribution in [1.82, 2.24) is 15.1 Å². The molecule has 1 N–H and O–H groups in total. The molecule has 1 fully saturated rings. The van der Waals surface area contributed by atoms with Crippen molar-refractivity contribution in [2.24, 2.45) is 4.40 Å². The Morgan fingerprint density at radius 3 is 2.92 bits per heavy atom. The monoisotopic (exact) mass is 378 g/mol. The van der Waals surface area contributed by atoms with Gasteiger partial charge in [-0.15, -0.1) is 4.40 Å². The number of hydrogen-bond donors (Lipinski definition) is 1. The lowest BCUT2D eigenvalue weighted by molar-refractivity contribution is -0.132. The topological polar surface area (TPSA) is 82.1 Å². The van der Waals surface area contributed by atoms with E-state index in [0.29, 0.717) is 36.8 Å². The number of sulfonamides is 1. The number of carbonyl (C=O) groups excluding carboxylic acids is 1. The van der Waals surface area contributed by atoms with E-state index in [1.54, 1.807) is 18.2 Å². The molecular formula is C18H26N4O3S. The Morgan fingerprint density at radius 2 is 2.15 bits per heavy atom. The molecule has 142 valence electrons. The predicted octanol–water partition coefficient (Wildman–Crippen LogP) is 1.06. The maximum atomic E-state index is 12.5. The van der Waals surface area contributed by atoms with E-state index in [0.717, 1.165) is 25.9 Å². The summed E-state index contributed by atoms with van der Waals surface area (Å²) in [6, 6.07) is 7.15. The van der Waals surface area contributed by atoms with Crippen LogP contribution in [0.1, 0.15) is 31.2 Å². The van der Waals surface area contributed by atoms with E-state index in [4.69, 9.17) is 0 Å². The zero-order chi connectivity index (χ0) is 18.7. The van der Waals surface area contributed by atoms with Crippen LogP contribution in [0.25, 0.3) is 0 Å². The number of nitrogens with zero attached hydrogens (tertiary/aromatic N) is 3. The molecule has 1 aromatic rings. The lowest BCUT2D eigenvalue weighted by atomic mass is 10.1. The molecule has 8 heteroatoms. The van der Waals surface area contributed by atoms with Gasteiger partial charge in [-0.1, -0.05) is 12.1 Å². The van der Waals surface area contributed by atoms with Gasteiger partial charge in [0.1, 0.15) is 10.7 Å². The van der Waals surface area contributed by atoms with E-state index < -0.39 is 10.0 Å². The van der Waals surface area contributed by atoms with Gasteiger partial charge < -0.3 is 15.1 Å². The molecule has 0 aromatic heterocycles. The van der Waals surface area contributed by atoms with Crippen LogP contribution in [0.15, 0.2) is 33.6 Å². The molecule has 3 rings (SSSR count). The number of likely N-dealkylation sites (tertiary alicyclic amines) is 1. The first kappa shape index (κ1) is 18.8. The summed E-state index contributed by atoms with van der Waals surface area (Å²) in [5.74, 6) is 0.639. The second kappa shape index (κ2) is 7.75. The number of amides is 1. The summed E-state index contributed by atoms with van der Waals surface area (Å²) >= 11 is 0. The highest BCUT2D eigenvalue weighted by Crippen LogP contribution is 2.27. The molecule has 0 spiro atoms. The van der Waals surface area contributed by atoms with E-state index in [1.807, 2.05) is 30.0 Å². The van der Waals surface area contributed by atoms with Crippen LogP contribution in [-0.2, 0) is 14.8 Å². The first-order valence-corrected chi connectivity index (χ1v) is 10.5. The molecule has 0 aliphatic carbocycles. The normalized spacial score (nSPS) is 20.8. The lowest BCUT2D eigenvalue weighted by Gasteiger charge is -2.25. The maximum Gasteiger partial charge on any atom is 0.285 e. The Labute approximate surface area is 155 Å². The highest BCUT2D eigenvalue weighted by atomic mass is 32.2. The van der Waals surface area contributed by atoms with Crippen molar-refractivity contribution in [1.29, 1.82) is 0 Å². The number of rotatable bonds is 6. The fraction of sp³-hybridized carbons (Fsp3) is 0.556. The molecule has 7 nitrogen and oxygen atoms in total. The molecule has 2 heterocycles. The molecule has 1 amide bonds. The third kappa shape index (κ3) is 3.76. The second-order valence-electron chi connectivity index (χ2n) is 6.85. The number of benzene rings is 1. The summed E-state index contributed by atoms with van der Waals surface area (Å²) in [5, 5.41) is 3.15. The minimum absolute atomic E-state index is 0.178. The molecular weight excluding hydrogens is 352 g/mol. The van der Waals surface area contributed by atoms with Crippen molar-refractivity contribution in [3.8, 4) is 0 Å². The zero-order valence-electron chi connectivity index (χ0n) is 15.3. The summed E-state index contributed by atoms with van der Waals surface area (Å²) in [4.78, 5) is 16.5. The number of amidine groups is 1. The molecule has 1 aromatic carbocycles. The minimum Gasteiger partial charge on any atom is -0.358 e. The third-order valence-electron chi connectivity index (χ3n) is 5.00. The van der Waals surface area contributed by atoms with Gasteiger partial charge in [0.15, 0.2) is 0 Å². The van der Waals surface area contributed by atoms with Gasteiger partial charge in [0, 0.05) is 44.7 Å². The fourth-order valence-corrected chi connectivity index (χ4v) is 4.94. The number of fused-ring (bicyclic) bond motifs is 1. The van der Waals surface area contributed by atoms with Crippen LogP contribution in [-0.4, -0.2) is 69.7 Å². The fourth-order valence-electron chi connectivity index (χ4n) is 3.69. The van der Waals surface area contributed by atoms with Crippen molar-refractivity contribution < 1.29 is 13.2 Å². The van der Waals surface area contributed by atoms with Crippen LogP contribution in [0.2, 0.25) is 0 Å². The number of nitrogens with one attached hydrogen (secondary N) is 1. The Kier molecular flexibility index (Phi) is 5.62. The quantitative estimate of drug-likeness (QED) is 0.800. The number of carbonyl (C=O) groups is 1. The Hall–Kier alpha value is -1.93. The van der Waals surface area contributed by atoms with Crippen LogP contribution in [0.5, 0.6) is 0 Å². The summed E-state index contributed by atoms with van der Waals surface area (Å²) in [7, 11) is 0.123. The van der Waals surface area contributed by atoms with Gasteiger partial charge in [0.05, 0.1) is 0 Å². The average Bonchev–Trinajstić information content (AvgIpc) is 3.18. The maximum absolute atomic E-state index is 12.5. The standard InChI is InChI=1S/C18H26N4O3S/c1-19-13-14-7-5-12-22(14)17(23)10-6-11-21(2)18-15-8-3-4-9-16(15)26(24,25)20-18/h3-4,8-9,14,19H,5-7,10-13H2,1-2H3. The molecule has 0 bridgehead atoms. The van der Waals surface area contributed by atoms with E-state index >= 15 is 0 Å². The molecule has 0 saturated carbocycles. The van der Waals surface area contributed by atoms with Crippen LogP contribution in [0.3, 0.4) is 0 Å². The third-order valence-corrected chi connectivity index (χ3v) is 6.32. The van der Waals surface area contributed by atoms with Gasteiger partial charge in [0.2, 0.25) is 5.91 Å². The van der Waals surface area contributed by atoms with Gasteiger partial charge in [0.25, 0.3) is 10.0 Å². The van der Waals surface area contributed by atoms with Gasteiger partial charge in [-0.2, -0.15) is 8.42 Å². The highest BCUT2D eigenvalue weighted by molar-refractivity contribution is 7.90. The van der Waals surface area contributed by atoms with Crippen molar-refractivity contribution in [2.45, 2.75) is 36.6 Å². The molecule has 1 atom stereocenters. The van der Waals surface area contributed by atoms with Crippen molar-refractivity contribution in [3.63, 3.8) is 0 Å². The molecule has 0 radical (unpaired) electrons. The van der Waals surface area contributed by atoms with Crippen molar-refractivity contribution >= 4 is 21.8 Å². The van der Waals surface area contributed by atoms with Gasteiger partial charge >= 0.3 is 0 Å². The largest absolute Gasteiger partial charge is 0.358 e. The number of likely N-dealkylation sites (N-methyl/N-ethyl adjacent to an activating group) is 1. The Morgan fingerprint density at radius 1 is 1.38 bits per heavy atom. The van der Waals surface area contributed by atoms with Crippen LogP contribution < -0.4 is 5.32 Å². The molecule has 26 heavy (non-hydrogen) atoms. The SMILES string of the molecule is CNCC1CCCN1C(=O)CCCN(C)C1=NS(=O)(=O)c2ccccc21. The molecule has 1 saturated heterocycles. The number of hydrogen-bond acceptors (Lipinski definition) is 5. The van der Waals surface area contributed by atoms with Gasteiger partial charge in [-0.25, -0.2) is 0 Å². The van der Waals surface area contributed by atoms with Crippen molar-refractivity contribution in [3.05, 3.63) is 29.8 Å². The first-order valence-electron chi connectivity index (χ1n) is 9.03.